The highest BCUT2D eigenvalue weighted by atomic mass is 19.2. The van der Waals surface area contributed by atoms with Crippen molar-refractivity contribution >= 4 is 23.7 Å². The molecule has 0 bridgehead atoms. The Labute approximate surface area is 236 Å². The molecule has 1 unspecified atom stereocenters. The van der Waals surface area contributed by atoms with Gasteiger partial charge in [-0.15, -0.1) is 0 Å². The van der Waals surface area contributed by atoms with Gasteiger partial charge in [0.25, 0.3) is 0 Å². The predicted octanol–water partition coefficient (Wildman–Crippen LogP) is 5.34. The highest BCUT2D eigenvalue weighted by molar-refractivity contribution is 6.11. The number of halogens is 3. The van der Waals surface area contributed by atoms with Crippen LogP contribution in [0.5, 0.6) is 0 Å². The normalized spacial score (nSPS) is 27.0. The summed E-state index contributed by atoms with van der Waals surface area (Å²) in [7, 11) is 1.16. The number of benzene rings is 2. The standard InChI is InChI=1S/C30H33F3N4O4/c1-17-26(28(38)41-2)27(19-9-12-24(32)25(33)15-19)37(29(39)34-17)30(40)35-20-13-14-36(16-20)21-10-7-18(8-11-21)22-5-3-4-6-23(22)31/h3-6,9,12,15,18,20-21,26-27H,7-8,10-11,13-14,16H2,1-2H3,(H,35,40)/t18?,20-,21?,26?,27+/m1/s1. The number of nitrogens with one attached hydrogen (secondary N) is 1. The number of imide groups is 1. The zero-order valence-electron chi connectivity index (χ0n) is 23.0. The van der Waals surface area contributed by atoms with Gasteiger partial charge in [-0.1, -0.05) is 24.3 Å². The Bertz CT molecular complexity index is 1360. The molecular formula is C30H33F3N4O4. The van der Waals surface area contributed by atoms with Gasteiger partial charge < -0.3 is 10.1 Å². The summed E-state index contributed by atoms with van der Waals surface area (Å²) in [6.07, 6.45) is 4.24. The molecule has 0 radical (unpaired) electrons. The van der Waals surface area contributed by atoms with Crippen LogP contribution in [0.3, 0.4) is 0 Å². The van der Waals surface area contributed by atoms with E-state index in [1.165, 1.54) is 19.1 Å². The lowest BCUT2D eigenvalue weighted by atomic mass is 9.81. The van der Waals surface area contributed by atoms with Gasteiger partial charge >= 0.3 is 18.0 Å². The first-order valence-corrected chi connectivity index (χ1v) is 13.9. The van der Waals surface area contributed by atoms with Crippen molar-refractivity contribution in [3.8, 4) is 0 Å². The molecule has 0 spiro atoms. The monoisotopic (exact) mass is 570 g/mol. The minimum Gasteiger partial charge on any atom is -0.468 e. The molecule has 41 heavy (non-hydrogen) atoms. The molecule has 2 aliphatic heterocycles. The summed E-state index contributed by atoms with van der Waals surface area (Å²) in [5.74, 6) is -4.18. The third-order valence-electron chi connectivity index (χ3n) is 8.59. The Morgan fingerprint density at radius 3 is 2.39 bits per heavy atom. The number of hydrogen-bond acceptors (Lipinski definition) is 5. The average Bonchev–Trinajstić information content (AvgIpc) is 3.42. The van der Waals surface area contributed by atoms with E-state index in [1.807, 2.05) is 12.1 Å². The molecule has 2 fully saturated rings. The SMILES string of the molecule is COC(=O)C1C(C)=NC(=O)N(C(=O)N[C@@H]2CCN(C3CCC(c4ccccc4F)CC3)C2)[C@H]1c1ccc(F)c(F)c1. The van der Waals surface area contributed by atoms with Crippen molar-refractivity contribution in [2.45, 2.75) is 63.1 Å². The van der Waals surface area contributed by atoms with Crippen LogP contribution in [0.2, 0.25) is 0 Å². The first-order valence-electron chi connectivity index (χ1n) is 13.9. The minimum atomic E-state index is -1.27. The van der Waals surface area contributed by atoms with Gasteiger partial charge in [-0.3, -0.25) is 9.69 Å². The van der Waals surface area contributed by atoms with Crippen molar-refractivity contribution < 1.29 is 32.3 Å². The Hall–Kier alpha value is -3.73. The number of carbonyl (C=O) groups is 3. The van der Waals surface area contributed by atoms with E-state index < -0.39 is 41.6 Å². The molecule has 1 saturated heterocycles. The number of likely N-dealkylation sites (tertiary alicyclic amines) is 1. The van der Waals surface area contributed by atoms with Crippen LogP contribution in [0.15, 0.2) is 47.5 Å². The van der Waals surface area contributed by atoms with Gasteiger partial charge in [0.05, 0.1) is 13.2 Å². The van der Waals surface area contributed by atoms with E-state index in [4.69, 9.17) is 4.74 Å². The van der Waals surface area contributed by atoms with Crippen molar-refractivity contribution in [3.05, 3.63) is 71.0 Å². The smallest absolute Gasteiger partial charge is 0.352 e. The van der Waals surface area contributed by atoms with Gasteiger partial charge in [-0.25, -0.2) is 32.7 Å². The van der Waals surface area contributed by atoms with E-state index in [9.17, 15) is 27.6 Å². The van der Waals surface area contributed by atoms with Crippen LogP contribution < -0.4 is 5.32 Å². The largest absolute Gasteiger partial charge is 0.468 e. The molecular weight excluding hydrogens is 537 g/mol. The van der Waals surface area contributed by atoms with Crippen molar-refractivity contribution in [2.75, 3.05) is 20.2 Å². The number of carbonyl (C=O) groups excluding carboxylic acids is 3. The van der Waals surface area contributed by atoms with Crippen molar-refractivity contribution in [3.63, 3.8) is 0 Å². The lowest BCUT2D eigenvalue weighted by Gasteiger charge is -2.37. The third kappa shape index (κ3) is 5.86. The number of rotatable bonds is 5. The summed E-state index contributed by atoms with van der Waals surface area (Å²) in [5, 5.41) is 2.89. The van der Waals surface area contributed by atoms with Crippen molar-refractivity contribution in [1.82, 2.24) is 15.1 Å². The number of urea groups is 2. The average molecular weight is 571 g/mol. The molecule has 1 N–H and O–H groups in total. The lowest BCUT2D eigenvalue weighted by Crippen LogP contribution is -2.54. The molecule has 1 saturated carbocycles. The number of ether oxygens (including phenoxy) is 1. The maximum absolute atomic E-state index is 14.3. The van der Waals surface area contributed by atoms with Crippen LogP contribution in [0, 0.1) is 23.4 Å². The van der Waals surface area contributed by atoms with Gasteiger partial charge in [-0.05, 0) is 74.3 Å². The first-order chi connectivity index (χ1) is 19.7. The van der Waals surface area contributed by atoms with Crippen LogP contribution in [-0.4, -0.2) is 65.8 Å². The lowest BCUT2D eigenvalue weighted by molar-refractivity contribution is -0.144. The number of esters is 1. The summed E-state index contributed by atoms with van der Waals surface area (Å²) >= 11 is 0. The zero-order valence-corrected chi connectivity index (χ0v) is 23.0. The van der Waals surface area contributed by atoms with Crippen molar-refractivity contribution in [1.29, 1.82) is 0 Å². The molecule has 4 amide bonds. The highest BCUT2D eigenvalue weighted by Crippen LogP contribution is 2.38. The Balaban J connectivity index is 1.27. The fourth-order valence-corrected chi connectivity index (χ4v) is 6.49. The quantitative estimate of drug-likeness (QED) is 0.490. The molecule has 5 rings (SSSR count). The van der Waals surface area contributed by atoms with E-state index in [0.717, 1.165) is 61.9 Å². The molecule has 2 heterocycles. The Morgan fingerprint density at radius 2 is 1.71 bits per heavy atom. The molecule has 3 aliphatic rings. The van der Waals surface area contributed by atoms with Crippen LogP contribution in [0.4, 0.5) is 22.8 Å². The number of amides is 4. The van der Waals surface area contributed by atoms with E-state index in [0.29, 0.717) is 19.0 Å². The second-order valence-corrected chi connectivity index (χ2v) is 11.0. The van der Waals surface area contributed by atoms with Crippen molar-refractivity contribution in [2.24, 2.45) is 10.9 Å². The molecule has 3 atom stereocenters. The number of aliphatic imine (C=N–C) groups is 1. The molecule has 2 aromatic rings. The maximum Gasteiger partial charge on any atom is 0.352 e. The number of hydrogen-bond donors (Lipinski definition) is 1. The minimum absolute atomic E-state index is 0.0664. The van der Waals surface area contributed by atoms with Gasteiger partial charge in [0, 0.05) is 30.9 Å². The third-order valence-corrected chi connectivity index (χ3v) is 8.59. The van der Waals surface area contributed by atoms with Crippen LogP contribution in [0.25, 0.3) is 0 Å². The highest BCUT2D eigenvalue weighted by Gasteiger charge is 2.46. The molecule has 218 valence electrons. The molecule has 8 nitrogen and oxygen atoms in total. The number of nitrogens with zero attached hydrogens (tertiary/aromatic N) is 3. The summed E-state index contributed by atoms with van der Waals surface area (Å²) in [6.45, 7) is 2.78. The van der Waals surface area contributed by atoms with Gasteiger partial charge in [0.2, 0.25) is 0 Å². The second-order valence-electron chi connectivity index (χ2n) is 11.0. The fraction of sp³-hybridized carbons (Fsp3) is 0.467. The van der Waals surface area contributed by atoms with E-state index in [2.05, 4.69) is 15.2 Å². The van der Waals surface area contributed by atoms with E-state index in [-0.39, 0.29) is 29.1 Å². The van der Waals surface area contributed by atoms with E-state index in [1.54, 1.807) is 6.07 Å². The predicted molar refractivity (Wildman–Crippen MR) is 145 cm³/mol. The molecule has 0 aromatic heterocycles. The first kappa shape index (κ1) is 28.8. The zero-order chi connectivity index (χ0) is 29.3. The Morgan fingerprint density at radius 1 is 0.976 bits per heavy atom. The Kier molecular flexibility index (Phi) is 8.44. The summed E-state index contributed by atoms with van der Waals surface area (Å²) in [6, 6.07) is 7.00. The fourth-order valence-electron chi connectivity index (χ4n) is 6.49. The summed E-state index contributed by atoms with van der Waals surface area (Å²) < 4.78 is 47.1. The number of methoxy groups -OCH3 is 1. The second kappa shape index (κ2) is 12.0. The van der Waals surface area contributed by atoms with Crippen LogP contribution in [0.1, 0.15) is 62.1 Å². The van der Waals surface area contributed by atoms with Crippen LogP contribution in [-0.2, 0) is 9.53 Å². The molecule has 11 heteroatoms. The van der Waals surface area contributed by atoms with Gasteiger partial charge in [-0.2, -0.15) is 0 Å². The topological polar surface area (TPSA) is 91.3 Å². The summed E-state index contributed by atoms with van der Waals surface area (Å²) in [4.78, 5) is 46.3. The van der Waals surface area contributed by atoms with Gasteiger partial charge in [0.15, 0.2) is 11.6 Å². The van der Waals surface area contributed by atoms with Crippen LogP contribution >= 0.6 is 0 Å². The van der Waals surface area contributed by atoms with Gasteiger partial charge in [0.1, 0.15) is 11.7 Å². The van der Waals surface area contributed by atoms with E-state index >= 15 is 0 Å². The summed E-state index contributed by atoms with van der Waals surface area (Å²) in [5.41, 5.74) is 0.942. The maximum atomic E-state index is 14.3. The molecule has 2 aromatic carbocycles. The molecule has 1 aliphatic carbocycles.